The maximum atomic E-state index is 12.4. The molecule has 2 rings (SSSR count). The van der Waals surface area contributed by atoms with E-state index in [2.05, 4.69) is 5.32 Å². The lowest BCUT2D eigenvalue weighted by atomic mass is 9.79. The van der Waals surface area contributed by atoms with Crippen molar-refractivity contribution in [1.29, 1.82) is 5.41 Å². The molecule has 2 aliphatic carbocycles. The van der Waals surface area contributed by atoms with Crippen LogP contribution < -0.4 is 11.1 Å². The Morgan fingerprint density at radius 2 is 1.74 bits per heavy atom. The number of nitrogens with one attached hydrogen (secondary N) is 2. The number of nitrogens with two attached hydrogens (primary N) is 1. The normalized spacial score (nSPS) is 31.3. The predicted octanol–water partition coefficient (Wildman–Crippen LogP) is 2.27. The molecule has 0 aromatic carbocycles. The van der Waals surface area contributed by atoms with Gasteiger partial charge in [0.1, 0.15) is 0 Å². The number of amidine groups is 1. The molecule has 0 aromatic rings. The summed E-state index contributed by atoms with van der Waals surface area (Å²) in [5.74, 6) is 0.133. The molecule has 6 heteroatoms. The number of aliphatic carboxylic acids is 1. The number of hydrogen-bond acceptors (Lipinski definition) is 3. The fourth-order valence-electron chi connectivity index (χ4n) is 3.95. The van der Waals surface area contributed by atoms with Gasteiger partial charge in [-0.3, -0.25) is 15.0 Å². The Labute approximate surface area is 137 Å². The van der Waals surface area contributed by atoms with Crippen molar-refractivity contribution in [2.75, 3.05) is 0 Å². The molecule has 2 saturated carbocycles. The highest BCUT2D eigenvalue weighted by molar-refractivity contribution is 5.83. The van der Waals surface area contributed by atoms with Gasteiger partial charge in [0.15, 0.2) is 0 Å². The number of hydrogen-bond donors (Lipinski definition) is 4. The maximum absolute atomic E-state index is 12.4. The molecule has 2 atom stereocenters. The van der Waals surface area contributed by atoms with Crippen LogP contribution in [0.25, 0.3) is 0 Å². The Balaban J connectivity index is 1.72. The van der Waals surface area contributed by atoms with Crippen LogP contribution >= 0.6 is 0 Å². The van der Waals surface area contributed by atoms with Crippen LogP contribution in [-0.4, -0.2) is 28.9 Å². The Kier molecular flexibility index (Phi) is 6.42. The van der Waals surface area contributed by atoms with Crippen molar-refractivity contribution in [2.24, 2.45) is 23.5 Å². The third-order valence-electron chi connectivity index (χ3n) is 5.44. The molecule has 23 heavy (non-hydrogen) atoms. The maximum Gasteiger partial charge on any atom is 0.303 e. The van der Waals surface area contributed by atoms with E-state index in [1.807, 2.05) is 0 Å². The molecule has 0 radical (unpaired) electrons. The molecule has 0 aliphatic heterocycles. The van der Waals surface area contributed by atoms with Crippen LogP contribution in [0.1, 0.15) is 64.2 Å². The van der Waals surface area contributed by atoms with Gasteiger partial charge < -0.3 is 16.2 Å². The highest BCUT2D eigenvalue weighted by atomic mass is 16.4. The summed E-state index contributed by atoms with van der Waals surface area (Å²) in [4.78, 5) is 23.1. The first kappa shape index (κ1) is 17.8. The summed E-state index contributed by atoms with van der Waals surface area (Å²) in [6.45, 7) is 0. The van der Waals surface area contributed by atoms with E-state index < -0.39 is 5.97 Å². The van der Waals surface area contributed by atoms with E-state index in [1.54, 1.807) is 0 Å². The topological polar surface area (TPSA) is 116 Å². The van der Waals surface area contributed by atoms with Gasteiger partial charge in [-0.25, -0.2) is 0 Å². The Bertz CT molecular complexity index is 444. The molecule has 5 N–H and O–H groups in total. The number of carbonyl (C=O) groups excluding carboxylic acids is 1. The lowest BCUT2D eigenvalue weighted by Crippen LogP contribution is -2.43. The van der Waals surface area contributed by atoms with Gasteiger partial charge in [0.25, 0.3) is 0 Å². The molecule has 6 nitrogen and oxygen atoms in total. The second-order valence-electron chi connectivity index (χ2n) is 7.17. The van der Waals surface area contributed by atoms with Gasteiger partial charge in [-0.1, -0.05) is 6.42 Å². The Morgan fingerprint density at radius 3 is 2.35 bits per heavy atom. The molecule has 0 bridgehead atoms. The lowest BCUT2D eigenvalue weighted by Gasteiger charge is -2.32. The summed E-state index contributed by atoms with van der Waals surface area (Å²) in [5, 5.41) is 19.5. The largest absolute Gasteiger partial charge is 0.481 e. The fraction of sp³-hybridized carbons (Fsp3) is 0.824. The molecule has 2 unspecified atom stereocenters. The van der Waals surface area contributed by atoms with Crippen LogP contribution in [0.2, 0.25) is 0 Å². The number of rotatable bonds is 6. The number of carbonyl (C=O) groups is 2. The first-order valence-electron chi connectivity index (χ1n) is 8.81. The number of carboxylic acids is 1. The zero-order chi connectivity index (χ0) is 16.8. The van der Waals surface area contributed by atoms with Crippen molar-refractivity contribution >= 4 is 17.7 Å². The molecule has 2 fully saturated rings. The molecule has 0 heterocycles. The second kappa shape index (κ2) is 8.31. The van der Waals surface area contributed by atoms with Crippen LogP contribution in [0.5, 0.6) is 0 Å². The zero-order valence-electron chi connectivity index (χ0n) is 13.7. The van der Waals surface area contributed by atoms with Gasteiger partial charge in [0.05, 0.1) is 5.84 Å². The second-order valence-corrected chi connectivity index (χ2v) is 7.17. The van der Waals surface area contributed by atoms with Crippen LogP contribution in [0.4, 0.5) is 0 Å². The average molecular weight is 323 g/mol. The summed E-state index contributed by atoms with van der Waals surface area (Å²) in [6.07, 6.45) is 8.36. The number of amides is 1. The summed E-state index contributed by atoms with van der Waals surface area (Å²) in [5.41, 5.74) is 5.59. The molecule has 0 spiro atoms. The van der Waals surface area contributed by atoms with Crippen molar-refractivity contribution in [1.82, 2.24) is 5.32 Å². The first-order valence-corrected chi connectivity index (χ1v) is 8.81. The molecule has 0 saturated heterocycles. The summed E-state index contributed by atoms with van der Waals surface area (Å²) >= 11 is 0. The van der Waals surface area contributed by atoms with E-state index in [4.69, 9.17) is 16.2 Å². The van der Waals surface area contributed by atoms with Gasteiger partial charge in [-0.05, 0) is 57.3 Å². The van der Waals surface area contributed by atoms with E-state index in [0.29, 0.717) is 12.3 Å². The van der Waals surface area contributed by atoms with Crippen molar-refractivity contribution in [3.05, 3.63) is 0 Å². The Morgan fingerprint density at radius 1 is 1.09 bits per heavy atom. The standard InChI is InChI=1S/C17H29N3O3/c18-16(19)12-2-1-3-13(10-12)17(23)20-14-7-4-11(5-8-14)6-9-15(21)22/h11-14H,1-10H2,(H3,18,19)(H,20,23)(H,21,22). The van der Waals surface area contributed by atoms with Gasteiger partial charge in [-0.2, -0.15) is 0 Å². The highest BCUT2D eigenvalue weighted by Gasteiger charge is 2.30. The van der Waals surface area contributed by atoms with E-state index in [9.17, 15) is 9.59 Å². The third kappa shape index (κ3) is 5.52. The molecule has 0 aromatic heterocycles. The minimum absolute atomic E-state index is 0.0117. The highest BCUT2D eigenvalue weighted by Crippen LogP contribution is 2.31. The van der Waals surface area contributed by atoms with Crippen molar-refractivity contribution in [3.63, 3.8) is 0 Å². The zero-order valence-corrected chi connectivity index (χ0v) is 13.7. The quantitative estimate of drug-likeness (QED) is 0.443. The molecule has 130 valence electrons. The van der Waals surface area contributed by atoms with Crippen LogP contribution in [0.3, 0.4) is 0 Å². The van der Waals surface area contributed by atoms with Crippen molar-refractivity contribution in [3.8, 4) is 0 Å². The SMILES string of the molecule is N=C(N)C1CCCC(C(=O)NC2CCC(CCC(=O)O)CC2)C1. The molecular formula is C17H29N3O3. The summed E-state index contributed by atoms with van der Waals surface area (Å²) < 4.78 is 0. The minimum Gasteiger partial charge on any atom is -0.481 e. The summed E-state index contributed by atoms with van der Waals surface area (Å²) in [7, 11) is 0. The lowest BCUT2D eigenvalue weighted by molar-refractivity contribution is -0.137. The third-order valence-corrected chi connectivity index (χ3v) is 5.44. The van der Waals surface area contributed by atoms with Gasteiger partial charge in [-0.15, -0.1) is 0 Å². The summed E-state index contributed by atoms with van der Waals surface area (Å²) in [6, 6.07) is 0.223. The van der Waals surface area contributed by atoms with Gasteiger partial charge in [0.2, 0.25) is 5.91 Å². The van der Waals surface area contributed by atoms with E-state index in [1.165, 1.54) is 0 Å². The van der Waals surface area contributed by atoms with Crippen LogP contribution in [0.15, 0.2) is 0 Å². The average Bonchev–Trinajstić information content (AvgIpc) is 2.54. The van der Waals surface area contributed by atoms with E-state index >= 15 is 0 Å². The smallest absolute Gasteiger partial charge is 0.303 e. The Hall–Kier alpha value is -1.59. The molecule has 1 amide bonds. The molecule has 2 aliphatic rings. The minimum atomic E-state index is -0.724. The first-order chi connectivity index (χ1) is 11.0. The van der Waals surface area contributed by atoms with Gasteiger partial charge in [0, 0.05) is 24.3 Å². The van der Waals surface area contributed by atoms with E-state index in [0.717, 1.165) is 51.4 Å². The predicted molar refractivity (Wildman–Crippen MR) is 88.1 cm³/mol. The van der Waals surface area contributed by atoms with E-state index in [-0.39, 0.29) is 36.0 Å². The van der Waals surface area contributed by atoms with Crippen LogP contribution in [-0.2, 0) is 9.59 Å². The number of carboxylic acid groups (broad SMARTS) is 1. The molecular weight excluding hydrogens is 294 g/mol. The van der Waals surface area contributed by atoms with Gasteiger partial charge >= 0.3 is 5.97 Å². The fourth-order valence-corrected chi connectivity index (χ4v) is 3.95. The van der Waals surface area contributed by atoms with Crippen molar-refractivity contribution in [2.45, 2.75) is 70.3 Å². The van der Waals surface area contributed by atoms with Crippen LogP contribution in [0, 0.1) is 23.2 Å². The van der Waals surface area contributed by atoms with Crippen molar-refractivity contribution < 1.29 is 14.7 Å². The monoisotopic (exact) mass is 323 g/mol.